The van der Waals surface area contributed by atoms with E-state index in [2.05, 4.69) is 21.2 Å². The van der Waals surface area contributed by atoms with Gasteiger partial charge in [-0.15, -0.1) is 11.6 Å². The number of hydrogen-bond acceptors (Lipinski definition) is 1. The summed E-state index contributed by atoms with van der Waals surface area (Å²) in [7, 11) is 0. The number of carbonyl (C=O) groups is 1. The molecule has 2 nitrogen and oxygen atoms in total. The van der Waals surface area contributed by atoms with Crippen LogP contribution in [0.15, 0.2) is 28.7 Å². The van der Waals surface area contributed by atoms with Crippen LogP contribution in [0, 0.1) is 0 Å². The SMILES string of the molecule is CC(CCCCl)NC(=O)c1ccccc1Br. The zero-order valence-corrected chi connectivity index (χ0v) is 11.5. The average Bonchev–Trinajstić information content (AvgIpc) is 2.26. The third-order valence-corrected chi connectivity index (χ3v) is 3.23. The molecule has 1 unspecified atom stereocenters. The van der Waals surface area contributed by atoms with Crippen molar-refractivity contribution in [2.45, 2.75) is 25.8 Å². The number of amides is 1. The van der Waals surface area contributed by atoms with Gasteiger partial charge in [0, 0.05) is 16.4 Å². The molecule has 0 saturated heterocycles. The fourth-order valence-corrected chi connectivity index (χ4v) is 2.02. The molecule has 1 amide bonds. The lowest BCUT2D eigenvalue weighted by atomic mass is 10.1. The van der Waals surface area contributed by atoms with Crippen LogP contribution < -0.4 is 5.32 Å². The van der Waals surface area contributed by atoms with Gasteiger partial charge in [-0.3, -0.25) is 4.79 Å². The summed E-state index contributed by atoms with van der Waals surface area (Å²) < 4.78 is 0.817. The van der Waals surface area contributed by atoms with Gasteiger partial charge in [0.05, 0.1) is 5.56 Å². The zero-order valence-electron chi connectivity index (χ0n) is 9.17. The number of carbonyl (C=O) groups excluding carboxylic acids is 1. The Bertz CT molecular complexity index is 357. The van der Waals surface area contributed by atoms with Crippen LogP contribution in [-0.2, 0) is 0 Å². The summed E-state index contributed by atoms with van der Waals surface area (Å²) >= 11 is 8.96. The third kappa shape index (κ3) is 4.14. The van der Waals surface area contributed by atoms with Gasteiger partial charge in [0.15, 0.2) is 0 Å². The molecule has 0 aliphatic rings. The molecule has 1 aromatic rings. The molecule has 0 saturated carbocycles. The van der Waals surface area contributed by atoms with Crippen molar-refractivity contribution in [2.24, 2.45) is 0 Å². The lowest BCUT2D eigenvalue weighted by Gasteiger charge is -2.13. The Hall–Kier alpha value is -0.540. The molecule has 1 rings (SSSR count). The number of hydrogen-bond donors (Lipinski definition) is 1. The van der Waals surface area contributed by atoms with Gasteiger partial charge in [-0.1, -0.05) is 12.1 Å². The number of rotatable bonds is 5. The van der Waals surface area contributed by atoms with Crippen molar-refractivity contribution in [3.63, 3.8) is 0 Å². The van der Waals surface area contributed by atoms with E-state index in [4.69, 9.17) is 11.6 Å². The maximum Gasteiger partial charge on any atom is 0.252 e. The predicted molar refractivity (Wildman–Crippen MR) is 71.0 cm³/mol. The first-order chi connectivity index (χ1) is 7.65. The lowest BCUT2D eigenvalue weighted by Crippen LogP contribution is -2.32. The molecule has 0 aliphatic carbocycles. The summed E-state index contributed by atoms with van der Waals surface area (Å²) in [5, 5.41) is 2.94. The second-order valence-electron chi connectivity index (χ2n) is 3.69. The molecule has 0 bridgehead atoms. The van der Waals surface area contributed by atoms with E-state index >= 15 is 0 Å². The van der Waals surface area contributed by atoms with Gasteiger partial charge in [-0.2, -0.15) is 0 Å². The first kappa shape index (κ1) is 13.5. The topological polar surface area (TPSA) is 29.1 Å². The fraction of sp³-hybridized carbons (Fsp3) is 0.417. The molecular weight excluding hydrogens is 289 g/mol. The number of halogens is 2. The Kier molecular flexibility index (Phi) is 5.85. The van der Waals surface area contributed by atoms with Crippen molar-refractivity contribution < 1.29 is 4.79 Å². The van der Waals surface area contributed by atoms with E-state index in [9.17, 15) is 4.79 Å². The highest BCUT2D eigenvalue weighted by atomic mass is 79.9. The van der Waals surface area contributed by atoms with Crippen molar-refractivity contribution in [3.8, 4) is 0 Å². The molecule has 16 heavy (non-hydrogen) atoms. The quantitative estimate of drug-likeness (QED) is 0.828. The lowest BCUT2D eigenvalue weighted by molar-refractivity contribution is 0.0937. The monoisotopic (exact) mass is 303 g/mol. The van der Waals surface area contributed by atoms with Gasteiger partial charge in [0.2, 0.25) is 0 Å². The van der Waals surface area contributed by atoms with Crippen LogP contribution in [0.25, 0.3) is 0 Å². The molecule has 88 valence electrons. The van der Waals surface area contributed by atoms with E-state index in [-0.39, 0.29) is 11.9 Å². The predicted octanol–water partition coefficient (Wildman–Crippen LogP) is 3.59. The Labute approximate surface area is 110 Å². The van der Waals surface area contributed by atoms with Crippen molar-refractivity contribution in [3.05, 3.63) is 34.3 Å². The minimum Gasteiger partial charge on any atom is -0.350 e. The van der Waals surface area contributed by atoms with E-state index in [1.54, 1.807) is 6.07 Å². The summed E-state index contributed by atoms with van der Waals surface area (Å²) in [5.41, 5.74) is 0.667. The maximum atomic E-state index is 11.9. The van der Waals surface area contributed by atoms with Gasteiger partial charge >= 0.3 is 0 Å². The minimum absolute atomic E-state index is 0.0467. The Balaban J connectivity index is 2.56. The van der Waals surface area contributed by atoms with Crippen LogP contribution in [0.1, 0.15) is 30.1 Å². The summed E-state index contributed by atoms with van der Waals surface area (Å²) in [4.78, 5) is 11.9. The van der Waals surface area contributed by atoms with E-state index in [1.165, 1.54) is 0 Å². The van der Waals surface area contributed by atoms with Gasteiger partial charge in [-0.25, -0.2) is 0 Å². The van der Waals surface area contributed by atoms with E-state index < -0.39 is 0 Å². The van der Waals surface area contributed by atoms with Crippen molar-refractivity contribution >= 4 is 33.4 Å². The number of nitrogens with one attached hydrogen (secondary N) is 1. The Morgan fingerprint density at radius 3 is 2.81 bits per heavy atom. The Morgan fingerprint density at radius 1 is 1.50 bits per heavy atom. The van der Waals surface area contributed by atoms with Gasteiger partial charge in [0.1, 0.15) is 0 Å². The summed E-state index contributed by atoms with van der Waals surface area (Å²) in [5.74, 6) is 0.587. The molecule has 0 heterocycles. The van der Waals surface area contributed by atoms with Crippen molar-refractivity contribution in [1.29, 1.82) is 0 Å². The van der Waals surface area contributed by atoms with E-state index in [0.717, 1.165) is 17.3 Å². The van der Waals surface area contributed by atoms with Crippen molar-refractivity contribution in [2.75, 3.05) is 5.88 Å². The Morgan fingerprint density at radius 2 is 2.19 bits per heavy atom. The smallest absolute Gasteiger partial charge is 0.252 e. The molecule has 4 heteroatoms. The van der Waals surface area contributed by atoms with Crippen molar-refractivity contribution in [1.82, 2.24) is 5.32 Å². The summed E-state index contributed by atoms with van der Waals surface area (Å²) in [6, 6.07) is 7.55. The number of benzene rings is 1. The molecular formula is C12H15BrClNO. The van der Waals surface area contributed by atoms with Crippen LogP contribution in [-0.4, -0.2) is 17.8 Å². The molecule has 0 aliphatic heterocycles. The highest BCUT2D eigenvalue weighted by Crippen LogP contribution is 2.15. The second kappa shape index (κ2) is 6.92. The normalized spacial score (nSPS) is 12.2. The van der Waals surface area contributed by atoms with Crippen LogP contribution in [0.2, 0.25) is 0 Å². The highest BCUT2D eigenvalue weighted by Gasteiger charge is 2.11. The highest BCUT2D eigenvalue weighted by molar-refractivity contribution is 9.10. The third-order valence-electron chi connectivity index (χ3n) is 2.27. The van der Waals surface area contributed by atoms with E-state index in [0.29, 0.717) is 11.4 Å². The first-order valence-electron chi connectivity index (χ1n) is 5.26. The van der Waals surface area contributed by atoms with Crippen LogP contribution >= 0.6 is 27.5 Å². The molecule has 0 fully saturated rings. The first-order valence-corrected chi connectivity index (χ1v) is 6.59. The fourth-order valence-electron chi connectivity index (χ4n) is 1.40. The second-order valence-corrected chi connectivity index (χ2v) is 4.92. The molecule has 0 aromatic heterocycles. The van der Waals surface area contributed by atoms with E-state index in [1.807, 2.05) is 25.1 Å². The van der Waals surface area contributed by atoms with Crippen LogP contribution in [0.3, 0.4) is 0 Å². The zero-order chi connectivity index (χ0) is 12.0. The summed E-state index contributed by atoms with van der Waals surface area (Å²) in [6.07, 6.45) is 1.82. The molecule has 1 aromatic carbocycles. The van der Waals surface area contributed by atoms with Crippen LogP contribution in [0.5, 0.6) is 0 Å². The largest absolute Gasteiger partial charge is 0.350 e. The van der Waals surface area contributed by atoms with Gasteiger partial charge in [0.25, 0.3) is 5.91 Å². The molecule has 0 spiro atoms. The van der Waals surface area contributed by atoms with Gasteiger partial charge in [-0.05, 0) is 47.8 Å². The molecule has 1 N–H and O–H groups in total. The molecule has 0 radical (unpaired) electrons. The standard InChI is InChI=1S/C12H15BrClNO/c1-9(5-4-8-14)15-12(16)10-6-2-3-7-11(10)13/h2-3,6-7,9H,4-5,8H2,1H3,(H,15,16). The average molecular weight is 305 g/mol. The summed E-state index contributed by atoms with van der Waals surface area (Å²) in [6.45, 7) is 1.99. The number of alkyl halides is 1. The van der Waals surface area contributed by atoms with Gasteiger partial charge < -0.3 is 5.32 Å². The maximum absolute atomic E-state index is 11.9. The van der Waals surface area contributed by atoms with Crippen LogP contribution in [0.4, 0.5) is 0 Å². The molecule has 1 atom stereocenters. The minimum atomic E-state index is -0.0467.